The topological polar surface area (TPSA) is 66.8 Å². The zero-order valence-electron chi connectivity index (χ0n) is 12.6. The van der Waals surface area contributed by atoms with Gasteiger partial charge in [-0.25, -0.2) is 4.79 Å². The highest BCUT2D eigenvalue weighted by atomic mass is 16.6. The SMILES string of the molecule is CC(C)(C)OC(=O)N1CC(CC(=O)O)(c2ccccc2)C1. The summed E-state index contributed by atoms with van der Waals surface area (Å²) in [4.78, 5) is 24.7. The summed E-state index contributed by atoms with van der Waals surface area (Å²) in [5, 5.41) is 9.15. The molecule has 21 heavy (non-hydrogen) atoms. The van der Waals surface area contributed by atoms with Gasteiger partial charge in [-0.05, 0) is 26.3 Å². The minimum Gasteiger partial charge on any atom is -0.481 e. The predicted octanol–water partition coefficient (Wildman–Crippen LogP) is 2.65. The zero-order chi connectivity index (χ0) is 15.7. The number of rotatable bonds is 3. The lowest BCUT2D eigenvalue weighted by atomic mass is 9.71. The van der Waals surface area contributed by atoms with Gasteiger partial charge in [0, 0.05) is 18.5 Å². The van der Waals surface area contributed by atoms with Crippen LogP contribution >= 0.6 is 0 Å². The van der Waals surface area contributed by atoms with Gasteiger partial charge in [0.1, 0.15) is 5.60 Å². The molecule has 1 aliphatic heterocycles. The van der Waals surface area contributed by atoms with Gasteiger partial charge in [0.15, 0.2) is 0 Å². The fourth-order valence-corrected chi connectivity index (χ4v) is 2.62. The molecule has 1 aromatic rings. The second kappa shape index (κ2) is 5.39. The molecular weight excluding hydrogens is 270 g/mol. The monoisotopic (exact) mass is 291 g/mol. The van der Waals surface area contributed by atoms with Crippen LogP contribution in [0.3, 0.4) is 0 Å². The molecule has 0 bridgehead atoms. The number of amides is 1. The molecule has 0 radical (unpaired) electrons. The van der Waals surface area contributed by atoms with Gasteiger partial charge >= 0.3 is 12.1 Å². The molecule has 1 aromatic carbocycles. The van der Waals surface area contributed by atoms with Crippen molar-refractivity contribution in [1.82, 2.24) is 4.90 Å². The first-order valence-electron chi connectivity index (χ1n) is 6.97. The van der Waals surface area contributed by atoms with E-state index in [0.717, 1.165) is 5.56 Å². The summed E-state index contributed by atoms with van der Waals surface area (Å²) in [5.74, 6) is -0.859. The van der Waals surface area contributed by atoms with Gasteiger partial charge in [0.05, 0.1) is 6.42 Å². The van der Waals surface area contributed by atoms with Crippen LogP contribution in [0.15, 0.2) is 30.3 Å². The van der Waals surface area contributed by atoms with E-state index in [1.165, 1.54) is 0 Å². The number of ether oxygens (including phenoxy) is 1. The van der Waals surface area contributed by atoms with Crippen LogP contribution in [0, 0.1) is 0 Å². The Hall–Kier alpha value is -2.04. The first-order valence-corrected chi connectivity index (χ1v) is 6.97. The van der Waals surface area contributed by atoms with Crippen LogP contribution in [0.25, 0.3) is 0 Å². The third-order valence-corrected chi connectivity index (χ3v) is 3.51. The van der Waals surface area contributed by atoms with Crippen molar-refractivity contribution in [3.8, 4) is 0 Å². The first kappa shape index (κ1) is 15.4. The maximum atomic E-state index is 12.0. The van der Waals surface area contributed by atoms with Gasteiger partial charge in [-0.3, -0.25) is 4.79 Å². The number of carboxylic acid groups (broad SMARTS) is 1. The second-order valence-corrected chi connectivity index (χ2v) is 6.55. The fourth-order valence-electron chi connectivity index (χ4n) is 2.62. The van der Waals surface area contributed by atoms with Crippen LogP contribution in [0.4, 0.5) is 4.79 Å². The number of hydrogen-bond donors (Lipinski definition) is 1. The van der Waals surface area contributed by atoms with Crippen LogP contribution in [0.5, 0.6) is 0 Å². The molecule has 0 unspecified atom stereocenters. The molecule has 5 nitrogen and oxygen atoms in total. The summed E-state index contributed by atoms with van der Waals surface area (Å²) in [6, 6.07) is 9.48. The normalized spacial score (nSPS) is 17.0. The Bertz CT molecular complexity index is 527. The molecule has 0 aromatic heterocycles. The summed E-state index contributed by atoms with van der Waals surface area (Å²) < 4.78 is 5.32. The summed E-state index contributed by atoms with van der Waals surface area (Å²) in [5.41, 5.74) is -0.106. The molecule has 1 aliphatic rings. The van der Waals surface area contributed by atoms with E-state index in [2.05, 4.69) is 0 Å². The van der Waals surface area contributed by atoms with Crippen molar-refractivity contribution in [2.24, 2.45) is 0 Å². The maximum Gasteiger partial charge on any atom is 0.410 e. The van der Waals surface area contributed by atoms with E-state index in [1.807, 2.05) is 51.1 Å². The Morgan fingerprint density at radius 3 is 2.29 bits per heavy atom. The van der Waals surface area contributed by atoms with Crippen LogP contribution in [0.1, 0.15) is 32.8 Å². The van der Waals surface area contributed by atoms with Crippen molar-refractivity contribution < 1.29 is 19.4 Å². The first-order chi connectivity index (χ1) is 9.72. The van der Waals surface area contributed by atoms with Crippen molar-refractivity contribution in [3.63, 3.8) is 0 Å². The Balaban J connectivity index is 2.10. The molecule has 5 heteroatoms. The van der Waals surface area contributed by atoms with E-state index in [0.29, 0.717) is 13.1 Å². The molecule has 1 N–H and O–H groups in total. The second-order valence-electron chi connectivity index (χ2n) is 6.55. The molecule has 0 atom stereocenters. The van der Waals surface area contributed by atoms with Crippen LogP contribution in [-0.2, 0) is 14.9 Å². The third-order valence-electron chi connectivity index (χ3n) is 3.51. The summed E-state index contributed by atoms with van der Waals surface area (Å²) in [6.07, 6.45) is -0.379. The number of likely N-dealkylation sites (tertiary alicyclic amines) is 1. The highest BCUT2D eigenvalue weighted by Crippen LogP contribution is 2.38. The number of nitrogens with zero attached hydrogens (tertiary/aromatic N) is 1. The van der Waals surface area contributed by atoms with E-state index < -0.39 is 17.0 Å². The van der Waals surface area contributed by atoms with E-state index in [1.54, 1.807) is 4.90 Å². The smallest absolute Gasteiger partial charge is 0.410 e. The molecule has 114 valence electrons. The van der Waals surface area contributed by atoms with Crippen LogP contribution in [-0.4, -0.2) is 40.8 Å². The van der Waals surface area contributed by atoms with Gasteiger partial charge in [0.2, 0.25) is 0 Å². The lowest BCUT2D eigenvalue weighted by Gasteiger charge is -2.49. The minimum atomic E-state index is -0.859. The fraction of sp³-hybridized carbons (Fsp3) is 0.500. The highest BCUT2D eigenvalue weighted by molar-refractivity contribution is 5.73. The zero-order valence-corrected chi connectivity index (χ0v) is 12.6. The van der Waals surface area contributed by atoms with E-state index >= 15 is 0 Å². The quantitative estimate of drug-likeness (QED) is 0.929. The van der Waals surface area contributed by atoms with Crippen LogP contribution in [0.2, 0.25) is 0 Å². The Morgan fingerprint density at radius 2 is 1.81 bits per heavy atom. The largest absolute Gasteiger partial charge is 0.481 e. The van der Waals surface area contributed by atoms with Crippen LogP contribution < -0.4 is 0 Å². The molecular formula is C16H21NO4. The number of aliphatic carboxylic acids is 1. The Morgan fingerprint density at radius 1 is 1.24 bits per heavy atom. The van der Waals surface area contributed by atoms with E-state index in [-0.39, 0.29) is 12.5 Å². The van der Waals surface area contributed by atoms with Crippen molar-refractivity contribution in [3.05, 3.63) is 35.9 Å². The third kappa shape index (κ3) is 3.54. The van der Waals surface area contributed by atoms with Gasteiger partial charge in [-0.1, -0.05) is 30.3 Å². The Labute approximate surface area is 124 Å². The molecule has 0 aliphatic carbocycles. The molecule has 1 heterocycles. The van der Waals surface area contributed by atoms with E-state index in [9.17, 15) is 9.59 Å². The van der Waals surface area contributed by atoms with Gasteiger partial charge < -0.3 is 14.7 Å². The maximum absolute atomic E-state index is 12.0. The number of benzene rings is 1. The van der Waals surface area contributed by atoms with Crippen molar-refractivity contribution in [2.45, 2.75) is 38.2 Å². The molecule has 2 rings (SSSR count). The average molecular weight is 291 g/mol. The summed E-state index contributed by atoms with van der Waals surface area (Å²) >= 11 is 0. The molecule has 1 amide bonds. The van der Waals surface area contributed by atoms with Gasteiger partial charge in [0.25, 0.3) is 0 Å². The van der Waals surface area contributed by atoms with Gasteiger partial charge in [-0.15, -0.1) is 0 Å². The molecule has 1 saturated heterocycles. The summed E-state index contributed by atoms with van der Waals surface area (Å²) in [6.45, 7) is 6.18. The molecule has 1 fully saturated rings. The number of carboxylic acids is 1. The summed E-state index contributed by atoms with van der Waals surface area (Å²) in [7, 11) is 0. The lowest BCUT2D eigenvalue weighted by molar-refractivity contribution is -0.140. The lowest BCUT2D eigenvalue weighted by Crippen LogP contribution is -2.62. The van der Waals surface area contributed by atoms with Crippen molar-refractivity contribution >= 4 is 12.1 Å². The van der Waals surface area contributed by atoms with Gasteiger partial charge in [-0.2, -0.15) is 0 Å². The predicted molar refractivity (Wildman–Crippen MR) is 78.2 cm³/mol. The van der Waals surface area contributed by atoms with E-state index in [4.69, 9.17) is 9.84 Å². The average Bonchev–Trinajstić information content (AvgIpc) is 2.31. The highest BCUT2D eigenvalue weighted by Gasteiger charge is 2.48. The number of carbonyl (C=O) groups excluding carboxylic acids is 1. The van der Waals surface area contributed by atoms with Crippen molar-refractivity contribution in [1.29, 1.82) is 0 Å². The number of carbonyl (C=O) groups is 2. The molecule has 0 saturated carbocycles. The standard InChI is InChI=1S/C16H21NO4/c1-15(2,3)21-14(20)17-10-16(11-17,9-13(18)19)12-7-5-4-6-8-12/h4-8H,9-11H2,1-3H3,(H,18,19). The minimum absolute atomic E-state index is 0.0102. The number of hydrogen-bond acceptors (Lipinski definition) is 3. The Kier molecular flexibility index (Phi) is 3.94. The molecule has 0 spiro atoms. The van der Waals surface area contributed by atoms with Crippen molar-refractivity contribution in [2.75, 3.05) is 13.1 Å².